The topological polar surface area (TPSA) is 61.4 Å². The van der Waals surface area contributed by atoms with Crippen molar-refractivity contribution in [2.24, 2.45) is 0 Å². The molecule has 1 aliphatic heterocycles. The van der Waals surface area contributed by atoms with Crippen molar-refractivity contribution in [1.29, 1.82) is 0 Å². The maximum atomic E-state index is 11.5. The lowest BCUT2D eigenvalue weighted by molar-refractivity contribution is -0.119. The molecule has 0 saturated carbocycles. The monoisotopic (exact) mass is 295 g/mol. The Morgan fingerprint density at radius 2 is 1.80 bits per heavy atom. The van der Waals surface area contributed by atoms with E-state index in [9.17, 15) is 9.59 Å². The molecule has 2 N–H and O–H groups in total. The third kappa shape index (κ3) is 4.13. The molecular weight excluding hydrogens is 278 g/mol. The van der Waals surface area contributed by atoms with Crippen LogP contribution in [0.4, 0.5) is 16.2 Å². The lowest BCUT2D eigenvalue weighted by Crippen LogP contribution is -2.34. The summed E-state index contributed by atoms with van der Waals surface area (Å²) in [7, 11) is 0. The molecule has 6 heteroatoms. The molecule has 0 unspecified atom stereocenters. The molecule has 0 aromatic heterocycles. The first-order chi connectivity index (χ1) is 9.69. The highest BCUT2D eigenvalue weighted by molar-refractivity contribution is 6.19. The minimum atomic E-state index is -0.533. The van der Waals surface area contributed by atoms with E-state index >= 15 is 0 Å². The van der Waals surface area contributed by atoms with Gasteiger partial charge in [-0.3, -0.25) is 10.1 Å². The van der Waals surface area contributed by atoms with Crippen molar-refractivity contribution in [3.05, 3.63) is 24.3 Å². The number of nitrogens with one attached hydrogen (secondary N) is 2. The van der Waals surface area contributed by atoms with E-state index in [1.54, 1.807) is 0 Å². The SMILES string of the molecule is O=C(CCCl)NC(=O)Nc1ccc(N2CCCC2)cc1. The Kier molecular flexibility index (Phi) is 5.24. The van der Waals surface area contributed by atoms with Crippen molar-refractivity contribution in [1.82, 2.24) is 5.32 Å². The summed E-state index contributed by atoms with van der Waals surface area (Å²) in [6.45, 7) is 2.17. The van der Waals surface area contributed by atoms with E-state index in [1.807, 2.05) is 24.3 Å². The van der Waals surface area contributed by atoms with Gasteiger partial charge in [-0.25, -0.2) is 4.79 Å². The minimum Gasteiger partial charge on any atom is -0.372 e. The van der Waals surface area contributed by atoms with Crippen LogP contribution in [-0.4, -0.2) is 30.9 Å². The fraction of sp³-hybridized carbons (Fsp3) is 0.429. The summed E-state index contributed by atoms with van der Waals surface area (Å²) in [5.41, 5.74) is 1.82. The van der Waals surface area contributed by atoms with E-state index in [0.29, 0.717) is 5.69 Å². The first kappa shape index (κ1) is 14.7. The number of carbonyl (C=O) groups excluding carboxylic acids is 2. The Balaban J connectivity index is 1.86. The molecule has 1 heterocycles. The van der Waals surface area contributed by atoms with Crippen LogP contribution in [-0.2, 0) is 4.79 Å². The molecule has 1 aliphatic rings. The van der Waals surface area contributed by atoms with Crippen LogP contribution >= 0.6 is 11.6 Å². The number of hydrogen-bond acceptors (Lipinski definition) is 3. The number of halogens is 1. The standard InChI is InChI=1S/C14H18ClN3O2/c15-8-7-13(19)17-14(20)16-11-3-5-12(6-4-11)18-9-1-2-10-18/h3-6H,1-2,7-10H2,(H2,16,17,19,20). The summed E-state index contributed by atoms with van der Waals surface area (Å²) >= 11 is 5.42. The van der Waals surface area contributed by atoms with Gasteiger partial charge in [0.15, 0.2) is 0 Å². The zero-order chi connectivity index (χ0) is 14.4. The van der Waals surface area contributed by atoms with E-state index in [0.717, 1.165) is 18.8 Å². The lowest BCUT2D eigenvalue weighted by Gasteiger charge is -2.17. The van der Waals surface area contributed by atoms with Crippen LogP contribution in [0, 0.1) is 0 Å². The average Bonchev–Trinajstić information content (AvgIpc) is 2.93. The van der Waals surface area contributed by atoms with Gasteiger partial charge in [0.05, 0.1) is 0 Å². The molecule has 0 radical (unpaired) electrons. The summed E-state index contributed by atoms with van der Waals surface area (Å²) in [6.07, 6.45) is 2.58. The van der Waals surface area contributed by atoms with E-state index < -0.39 is 6.03 Å². The van der Waals surface area contributed by atoms with Crippen LogP contribution in [0.15, 0.2) is 24.3 Å². The van der Waals surface area contributed by atoms with Gasteiger partial charge in [0.25, 0.3) is 0 Å². The average molecular weight is 296 g/mol. The number of nitrogens with zero attached hydrogens (tertiary/aromatic N) is 1. The Hall–Kier alpha value is -1.75. The maximum Gasteiger partial charge on any atom is 0.325 e. The zero-order valence-corrected chi connectivity index (χ0v) is 11.9. The molecule has 20 heavy (non-hydrogen) atoms. The predicted molar refractivity (Wildman–Crippen MR) is 80.4 cm³/mol. The molecule has 5 nitrogen and oxygen atoms in total. The molecule has 108 valence electrons. The normalized spacial score (nSPS) is 14.2. The van der Waals surface area contributed by atoms with Gasteiger partial charge >= 0.3 is 6.03 Å². The third-order valence-corrected chi connectivity index (χ3v) is 3.36. The summed E-state index contributed by atoms with van der Waals surface area (Å²) in [5.74, 6) is -0.185. The van der Waals surface area contributed by atoms with Gasteiger partial charge in [0.2, 0.25) is 5.91 Å². The van der Waals surface area contributed by atoms with Gasteiger partial charge in [-0.2, -0.15) is 0 Å². The quantitative estimate of drug-likeness (QED) is 0.839. The van der Waals surface area contributed by atoms with Crippen LogP contribution in [0.1, 0.15) is 19.3 Å². The molecule has 2 rings (SSSR count). The van der Waals surface area contributed by atoms with E-state index in [1.165, 1.54) is 12.8 Å². The first-order valence-electron chi connectivity index (χ1n) is 6.71. The number of urea groups is 1. The van der Waals surface area contributed by atoms with Crippen molar-refractivity contribution in [2.45, 2.75) is 19.3 Å². The molecule has 3 amide bonds. The molecule has 1 fully saturated rings. The van der Waals surface area contributed by atoms with E-state index in [-0.39, 0.29) is 18.2 Å². The number of benzene rings is 1. The Bertz CT molecular complexity index is 470. The van der Waals surface area contributed by atoms with Crippen LogP contribution in [0.3, 0.4) is 0 Å². The van der Waals surface area contributed by atoms with Gasteiger partial charge in [0, 0.05) is 36.8 Å². The Labute approximate surface area is 123 Å². The smallest absolute Gasteiger partial charge is 0.325 e. The summed E-state index contributed by atoms with van der Waals surface area (Å²) in [6, 6.07) is 7.08. The van der Waals surface area contributed by atoms with E-state index in [2.05, 4.69) is 15.5 Å². The number of amides is 3. The van der Waals surface area contributed by atoms with Gasteiger partial charge < -0.3 is 10.2 Å². The highest BCUT2D eigenvalue weighted by Gasteiger charge is 2.12. The summed E-state index contributed by atoms with van der Waals surface area (Å²) in [5, 5.41) is 4.83. The molecule has 1 saturated heterocycles. The Morgan fingerprint density at radius 3 is 2.40 bits per heavy atom. The third-order valence-electron chi connectivity index (χ3n) is 3.17. The maximum absolute atomic E-state index is 11.5. The number of alkyl halides is 1. The Morgan fingerprint density at radius 1 is 1.15 bits per heavy atom. The fourth-order valence-corrected chi connectivity index (χ4v) is 2.34. The van der Waals surface area contributed by atoms with Crippen LogP contribution in [0.2, 0.25) is 0 Å². The van der Waals surface area contributed by atoms with E-state index in [4.69, 9.17) is 11.6 Å². The fourth-order valence-electron chi connectivity index (χ4n) is 2.17. The van der Waals surface area contributed by atoms with Crippen molar-refractivity contribution < 1.29 is 9.59 Å². The number of imide groups is 1. The van der Waals surface area contributed by atoms with Crippen molar-refractivity contribution >= 4 is 34.9 Å². The molecule has 0 aliphatic carbocycles. The van der Waals surface area contributed by atoms with Crippen molar-refractivity contribution in [3.63, 3.8) is 0 Å². The van der Waals surface area contributed by atoms with Crippen LogP contribution < -0.4 is 15.5 Å². The second-order valence-electron chi connectivity index (χ2n) is 4.68. The van der Waals surface area contributed by atoms with Crippen molar-refractivity contribution in [3.8, 4) is 0 Å². The second kappa shape index (κ2) is 7.14. The van der Waals surface area contributed by atoms with Crippen molar-refractivity contribution in [2.75, 3.05) is 29.2 Å². The molecule has 1 aromatic carbocycles. The highest BCUT2D eigenvalue weighted by Crippen LogP contribution is 2.21. The summed E-state index contributed by atoms with van der Waals surface area (Å²) < 4.78 is 0. The number of anilines is 2. The predicted octanol–water partition coefficient (Wildman–Crippen LogP) is 2.56. The molecule has 1 aromatic rings. The van der Waals surface area contributed by atoms with Gasteiger partial charge in [-0.1, -0.05) is 0 Å². The number of rotatable bonds is 4. The van der Waals surface area contributed by atoms with Gasteiger partial charge in [-0.15, -0.1) is 11.6 Å². The minimum absolute atomic E-state index is 0.128. The van der Waals surface area contributed by atoms with Crippen LogP contribution in [0.5, 0.6) is 0 Å². The largest absolute Gasteiger partial charge is 0.372 e. The molecule has 0 atom stereocenters. The number of hydrogen-bond donors (Lipinski definition) is 2. The number of carbonyl (C=O) groups is 2. The van der Waals surface area contributed by atoms with Crippen LogP contribution in [0.25, 0.3) is 0 Å². The van der Waals surface area contributed by atoms with Gasteiger partial charge in [0.1, 0.15) is 0 Å². The first-order valence-corrected chi connectivity index (χ1v) is 7.24. The molecule has 0 bridgehead atoms. The zero-order valence-electron chi connectivity index (χ0n) is 11.2. The summed E-state index contributed by atoms with van der Waals surface area (Å²) in [4.78, 5) is 25.1. The lowest BCUT2D eigenvalue weighted by atomic mass is 10.2. The molecule has 0 spiro atoms. The van der Waals surface area contributed by atoms with Gasteiger partial charge in [-0.05, 0) is 37.1 Å². The molecular formula is C14H18ClN3O2. The highest BCUT2D eigenvalue weighted by atomic mass is 35.5. The second-order valence-corrected chi connectivity index (χ2v) is 5.06.